The quantitative estimate of drug-likeness (QED) is 0.552. The minimum atomic E-state index is -0.750. The summed E-state index contributed by atoms with van der Waals surface area (Å²) in [4.78, 5) is 1.77. The topological polar surface area (TPSA) is 75.4 Å². The van der Waals surface area contributed by atoms with Gasteiger partial charge in [0.2, 0.25) is 0 Å². The van der Waals surface area contributed by atoms with Crippen LogP contribution >= 0.6 is 24.4 Å². The van der Waals surface area contributed by atoms with E-state index < -0.39 is 5.17 Å². The number of hydrogen-bond acceptors (Lipinski definition) is 4. The van der Waals surface area contributed by atoms with E-state index in [0.29, 0.717) is 0 Å². The zero-order valence-corrected chi connectivity index (χ0v) is 12.8. The van der Waals surface area contributed by atoms with Gasteiger partial charge in [-0.3, -0.25) is 0 Å². The molecule has 0 unspecified atom stereocenters. The van der Waals surface area contributed by atoms with Gasteiger partial charge in [-0.15, -0.1) is 0 Å². The predicted molar refractivity (Wildman–Crippen MR) is 70.8 cm³/mol. The Bertz CT molecular complexity index is 195. The molecule has 0 bridgehead atoms. The molecule has 17 heavy (non-hydrogen) atoms. The van der Waals surface area contributed by atoms with Crippen LogP contribution < -0.4 is 15.9 Å². The Balaban J connectivity index is -0.000000340. The van der Waals surface area contributed by atoms with Crippen LogP contribution in [0.4, 0.5) is 0 Å². The molecule has 1 radical (unpaired) electrons. The first-order chi connectivity index (χ1) is 7.45. The smallest absolute Gasteiger partial charge is 0.852 e. The van der Waals surface area contributed by atoms with Crippen LogP contribution in [-0.4, -0.2) is 28.3 Å². The standard InChI is InChI=1S/C9H19NOS.CH3NOS.Cu/c1-3-5-7-10(9(11)12)8-6-4-2;2-1(3)4;/h3-8H2,1-2H3,(H,11,12);(H3,2,3,4);/q;;+2/p-2. The second kappa shape index (κ2) is 15.9. The maximum absolute atomic E-state index is 10.9. The van der Waals surface area contributed by atoms with E-state index in [-0.39, 0.29) is 22.2 Å². The number of unbranched alkanes of at least 4 members (excludes halogenated alkanes) is 2. The van der Waals surface area contributed by atoms with Crippen molar-refractivity contribution in [3.05, 3.63) is 0 Å². The molecule has 0 aliphatic carbocycles. The Labute approximate surface area is 125 Å². The average molecular weight is 328 g/mol. The first-order valence-corrected chi connectivity index (χ1v) is 6.19. The van der Waals surface area contributed by atoms with E-state index in [4.69, 9.17) is 5.11 Å². The molecule has 0 aliphatic rings. The molecule has 4 nitrogen and oxygen atoms in total. The van der Waals surface area contributed by atoms with E-state index in [1.807, 2.05) is 0 Å². The van der Waals surface area contributed by atoms with E-state index in [1.54, 1.807) is 4.90 Å². The fraction of sp³-hybridized carbons (Fsp3) is 0.800. The minimum absolute atomic E-state index is 0. The summed E-state index contributed by atoms with van der Waals surface area (Å²) in [5, 5.41) is 19.0. The van der Waals surface area contributed by atoms with Gasteiger partial charge in [0.1, 0.15) is 0 Å². The van der Waals surface area contributed by atoms with Crippen LogP contribution in [0, 0.1) is 0 Å². The molecule has 7 heteroatoms. The molecule has 0 aromatic heterocycles. The van der Waals surface area contributed by atoms with Crippen molar-refractivity contribution in [2.24, 2.45) is 5.73 Å². The fourth-order valence-corrected chi connectivity index (χ4v) is 1.17. The molecule has 0 amide bonds. The normalized spacial score (nSPS) is 8.35. The van der Waals surface area contributed by atoms with Crippen LogP contribution in [-0.2, 0) is 17.1 Å². The average Bonchev–Trinajstić information content (AvgIpc) is 2.16. The summed E-state index contributed by atoms with van der Waals surface area (Å²) in [7, 11) is 0. The van der Waals surface area contributed by atoms with Gasteiger partial charge in [-0.2, -0.15) is 0 Å². The van der Waals surface area contributed by atoms with Crippen LogP contribution in [0.2, 0.25) is 0 Å². The Morgan fingerprint density at radius 3 is 1.53 bits per heavy atom. The summed E-state index contributed by atoms with van der Waals surface area (Å²) in [6, 6.07) is 0. The maximum Gasteiger partial charge on any atom is 2.00 e. The van der Waals surface area contributed by atoms with Gasteiger partial charge in [-0.25, -0.2) is 0 Å². The maximum atomic E-state index is 10.9. The van der Waals surface area contributed by atoms with Gasteiger partial charge in [-0.05, 0) is 12.8 Å². The first kappa shape index (κ1) is 22.1. The van der Waals surface area contributed by atoms with E-state index in [1.165, 1.54) is 0 Å². The zero-order valence-electron chi connectivity index (χ0n) is 10.2. The Hall–Kier alpha value is -0.101. The minimum Gasteiger partial charge on any atom is -0.852 e. The Kier molecular flexibility index (Phi) is 20.7. The van der Waals surface area contributed by atoms with Crippen molar-refractivity contribution in [1.29, 1.82) is 0 Å². The fourth-order valence-electron chi connectivity index (χ4n) is 0.992. The largest absolute Gasteiger partial charge is 2.00 e. The van der Waals surface area contributed by atoms with Crippen molar-refractivity contribution < 1.29 is 27.3 Å². The monoisotopic (exact) mass is 327 g/mol. The molecule has 0 aromatic carbocycles. The third-order valence-corrected chi connectivity index (χ3v) is 2.08. The summed E-state index contributed by atoms with van der Waals surface area (Å²) < 4.78 is 0. The molecule has 0 heterocycles. The van der Waals surface area contributed by atoms with Crippen LogP contribution in [0.3, 0.4) is 0 Å². The van der Waals surface area contributed by atoms with E-state index >= 15 is 0 Å². The molecule has 0 aromatic rings. The molecule has 0 saturated heterocycles. The Morgan fingerprint density at radius 2 is 1.35 bits per heavy atom. The molecule has 0 fully saturated rings. The van der Waals surface area contributed by atoms with Crippen LogP contribution in [0.15, 0.2) is 0 Å². The van der Waals surface area contributed by atoms with Crippen molar-refractivity contribution in [2.45, 2.75) is 39.5 Å². The third kappa shape index (κ3) is 21.7. The van der Waals surface area contributed by atoms with Crippen LogP contribution in [0.1, 0.15) is 39.5 Å². The molecular formula is C10H20CuN2O2S2. The SMILES string of the molecule is CCCCN(CCCC)C([O-])=S.NC([O-])=S.[Cu+2]. The summed E-state index contributed by atoms with van der Waals surface area (Å²) in [5.41, 5.74) is 4.29. The number of hydrogen-bond donors (Lipinski definition) is 1. The number of rotatable bonds is 6. The molecule has 0 aliphatic heterocycles. The molecule has 0 rings (SSSR count). The first-order valence-electron chi connectivity index (χ1n) is 5.38. The van der Waals surface area contributed by atoms with Crippen molar-refractivity contribution >= 4 is 34.8 Å². The summed E-state index contributed by atoms with van der Waals surface area (Å²) >= 11 is 8.37. The number of nitrogens with zero attached hydrogens (tertiary/aromatic N) is 1. The molecule has 0 saturated carbocycles. The predicted octanol–water partition coefficient (Wildman–Crippen LogP) is 0.122. The summed E-state index contributed by atoms with van der Waals surface area (Å²) in [6.07, 6.45) is 4.36. The van der Waals surface area contributed by atoms with Gasteiger partial charge < -0.3 is 20.8 Å². The summed E-state index contributed by atoms with van der Waals surface area (Å²) in [5.74, 6) is 0. The number of nitrogens with two attached hydrogens (primary N) is 1. The number of thiocarbonyl (C=S) groups is 2. The van der Waals surface area contributed by atoms with E-state index in [0.717, 1.165) is 38.8 Å². The second-order valence-electron chi connectivity index (χ2n) is 3.28. The van der Waals surface area contributed by atoms with Gasteiger partial charge in [0.05, 0.1) is 0 Å². The third-order valence-electron chi connectivity index (χ3n) is 1.82. The van der Waals surface area contributed by atoms with Gasteiger partial charge >= 0.3 is 17.1 Å². The van der Waals surface area contributed by atoms with Crippen LogP contribution in [0.25, 0.3) is 0 Å². The van der Waals surface area contributed by atoms with Gasteiger partial charge in [0, 0.05) is 23.4 Å². The van der Waals surface area contributed by atoms with Gasteiger partial charge in [-0.1, -0.05) is 51.1 Å². The van der Waals surface area contributed by atoms with Gasteiger partial charge in [0.25, 0.3) is 0 Å². The van der Waals surface area contributed by atoms with Crippen molar-refractivity contribution in [2.75, 3.05) is 13.1 Å². The molecular weight excluding hydrogens is 308 g/mol. The van der Waals surface area contributed by atoms with Gasteiger partial charge in [0.15, 0.2) is 0 Å². The van der Waals surface area contributed by atoms with E-state index in [2.05, 4.69) is 44.0 Å². The molecule has 0 spiro atoms. The van der Waals surface area contributed by atoms with E-state index in [9.17, 15) is 5.11 Å². The van der Waals surface area contributed by atoms with Crippen LogP contribution in [0.5, 0.6) is 0 Å². The molecule has 105 valence electrons. The summed E-state index contributed by atoms with van der Waals surface area (Å²) in [6.45, 7) is 5.90. The molecule has 0 atom stereocenters. The Morgan fingerprint density at radius 1 is 1.06 bits per heavy atom. The van der Waals surface area contributed by atoms with Crippen molar-refractivity contribution in [3.63, 3.8) is 0 Å². The second-order valence-corrected chi connectivity index (χ2v) is 4.03. The molecule has 2 N–H and O–H groups in total. The van der Waals surface area contributed by atoms with Crippen molar-refractivity contribution in [3.8, 4) is 0 Å². The van der Waals surface area contributed by atoms with Crippen molar-refractivity contribution in [1.82, 2.24) is 4.90 Å². The zero-order chi connectivity index (χ0) is 13.0.